The van der Waals surface area contributed by atoms with Crippen LogP contribution in [-0.4, -0.2) is 35.4 Å². The summed E-state index contributed by atoms with van der Waals surface area (Å²) in [6, 6.07) is 1.48. The summed E-state index contributed by atoms with van der Waals surface area (Å²) in [7, 11) is 0. The van der Waals surface area contributed by atoms with Gasteiger partial charge in [-0.25, -0.2) is 0 Å². The third kappa shape index (κ3) is 3.67. The number of ether oxygens (including phenoxy) is 1. The lowest BCUT2D eigenvalue weighted by Crippen LogP contribution is -2.44. The molecule has 0 radical (unpaired) electrons. The van der Waals surface area contributed by atoms with Crippen LogP contribution in [0.15, 0.2) is 6.07 Å². The molecule has 6 nitrogen and oxygen atoms in total. The molecule has 4 N–H and O–H groups in total. The smallest absolute Gasteiger partial charge is 0.242 e. The molecule has 1 aromatic heterocycles. The van der Waals surface area contributed by atoms with E-state index in [1.165, 1.54) is 32.1 Å². The second-order valence-corrected chi connectivity index (χ2v) is 6.51. The molecule has 0 spiro atoms. The quantitative estimate of drug-likeness (QED) is 0.794. The summed E-state index contributed by atoms with van der Waals surface area (Å²) >= 11 is 0. The molecule has 2 heterocycles. The predicted molar refractivity (Wildman–Crippen MR) is 84.6 cm³/mol. The molecule has 1 saturated heterocycles. The van der Waals surface area contributed by atoms with Crippen LogP contribution in [0, 0.1) is 5.92 Å². The van der Waals surface area contributed by atoms with E-state index in [0.29, 0.717) is 24.9 Å². The summed E-state index contributed by atoms with van der Waals surface area (Å²) in [5.41, 5.74) is 7.22. The number of nitrogens with zero attached hydrogens (tertiary/aromatic N) is 1. The van der Waals surface area contributed by atoms with E-state index < -0.39 is 6.04 Å². The minimum atomic E-state index is -0.487. The van der Waals surface area contributed by atoms with Gasteiger partial charge in [0, 0.05) is 30.9 Å². The Morgan fingerprint density at radius 1 is 1.27 bits per heavy atom. The first-order valence-electron chi connectivity index (χ1n) is 8.43. The molecule has 0 aromatic carbocycles. The lowest BCUT2D eigenvalue weighted by atomic mass is 9.87. The van der Waals surface area contributed by atoms with E-state index in [2.05, 4.69) is 15.5 Å². The third-order valence-electron chi connectivity index (χ3n) is 4.97. The first-order chi connectivity index (χ1) is 10.7. The number of anilines is 1. The molecule has 1 unspecified atom stereocenters. The lowest BCUT2D eigenvalue weighted by Gasteiger charge is -2.26. The number of nitrogens with two attached hydrogens (primary N) is 1. The molecule has 1 aromatic rings. The highest BCUT2D eigenvalue weighted by atomic mass is 16.5. The number of rotatable bonds is 4. The summed E-state index contributed by atoms with van der Waals surface area (Å²) < 4.78 is 5.31. The first-order valence-corrected chi connectivity index (χ1v) is 8.43. The molecule has 2 aliphatic rings. The van der Waals surface area contributed by atoms with Gasteiger partial charge in [0.1, 0.15) is 0 Å². The van der Waals surface area contributed by atoms with Crippen LogP contribution < -0.4 is 11.1 Å². The predicted octanol–water partition coefficient (Wildman–Crippen LogP) is 2.15. The van der Waals surface area contributed by atoms with Gasteiger partial charge in [-0.05, 0) is 31.6 Å². The van der Waals surface area contributed by atoms with Crippen LogP contribution in [0.25, 0.3) is 0 Å². The first kappa shape index (κ1) is 15.5. The topological polar surface area (TPSA) is 93.0 Å². The van der Waals surface area contributed by atoms with Gasteiger partial charge in [-0.1, -0.05) is 19.3 Å². The van der Waals surface area contributed by atoms with Crippen molar-refractivity contribution in [3.63, 3.8) is 0 Å². The number of hydrogen-bond acceptors (Lipinski definition) is 4. The molecule has 2 fully saturated rings. The van der Waals surface area contributed by atoms with Crippen molar-refractivity contribution in [2.45, 2.75) is 56.9 Å². The Hall–Kier alpha value is -1.40. The fraction of sp³-hybridized carbons (Fsp3) is 0.750. The van der Waals surface area contributed by atoms with Crippen molar-refractivity contribution < 1.29 is 9.53 Å². The maximum absolute atomic E-state index is 12.3. The SMILES string of the molecule is NC(C(=O)Nc1cc(C2CCCCC2)[nH]n1)C1CCOCC1. The zero-order chi connectivity index (χ0) is 15.4. The lowest BCUT2D eigenvalue weighted by molar-refractivity contribution is -0.119. The van der Waals surface area contributed by atoms with E-state index in [9.17, 15) is 4.79 Å². The Kier molecular flexibility index (Phi) is 5.10. The average Bonchev–Trinajstić information content (AvgIpc) is 3.04. The molecule has 1 aliphatic carbocycles. The number of aromatic nitrogens is 2. The number of aromatic amines is 1. The van der Waals surface area contributed by atoms with Crippen molar-refractivity contribution in [3.8, 4) is 0 Å². The van der Waals surface area contributed by atoms with Crippen LogP contribution in [0.3, 0.4) is 0 Å². The Morgan fingerprint density at radius 2 is 2.00 bits per heavy atom. The largest absolute Gasteiger partial charge is 0.381 e. The van der Waals surface area contributed by atoms with Gasteiger partial charge in [0.05, 0.1) is 6.04 Å². The van der Waals surface area contributed by atoms with Crippen LogP contribution in [0.4, 0.5) is 5.82 Å². The van der Waals surface area contributed by atoms with Crippen LogP contribution in [0.2, 0.25) is 0 Å². The molecule has 22 heavy (non-hydrogen) atoms. The minimum absolute atomic E-state index is 0.145. The van der Waals surface area contributed by atoms with Crippen LogP contribution in [0.5, 0.6) is 0 Å². The van der Waals surface area contributed by atoms with Gasteiger partial charge < -0.3 is 15.8 Å². The fourth-order valence-corrected chi connectivity index (χ4v) is 3.52. The van der Waals surface area contributed by atoms with Gasteiger partial charge in [0.2, 0.25) is 5.91 Å². The number of nitrogens with one attached hydrogen (secondary N) is 2. The van der Waals surface area contributed by atoms with Gasteiger partial charge in [0.15, 0.2) is 5.82 Å². The van der Waals surface area contributed by atoms with Crippen molar-refractivity contribution in [1.82, 2.24) is 10.2 Å². The average molecular weight is 306 g/mol. The van der Waals surface area contributed by atoms with E-state index in [-0.39, 0.29) is 11.8 Å². The summed E-state index contributed by atoms with van der Waals surface area (Å²) in [6.07, 6.45) is 7.99. The number of amides is 1. The molecule has 1 amide bonds. The molecule has 122 valence electrons. The van der Waals surface area contributed by atoms with Crippen molar-refractivity contribution >= 4 is 11.7 Å². The normalized spacial score (nSPS) is 22.4. The van der Waals surface area contributed by atoms with Gasteiger partial charge in [0.25, 0.3) is 0 Å². The summed E-state index contributed by atoms with van der Waals surface area (Å²) in [4.78, 5) is 12.3. The summed E-state index contributed by atoms with van der Waals surface area (Å²) in [6.45, 7) is 1.39. The van der Waals surface area contributed by atoms with Gasteiger partial charge in [-0.2, -0.15) is 5.10 Å². The second kappa shape index (κ2) is 7.24. The van der Waals surface area contributed by atoms with Crippen molar-refractivity contribution in [1.29, 1.82) is 0 Å². The van der Waals surface area contributed by atoms with Crippen LogP contribution in [0.1, 0.15) is 56.6 Å². The Labute approximate surface area is 131 Å². The summed E-state index contributed by atoms with van der Waals surface area (Å²) in [5.74, 6) is 1.20. The molecule has 3 rings (SSSR count). The Bertz CT molecular complexity index is 490. The molecular formula is C16H26N4O2. The van der Waals surface area contributed by atoms with Crippen molar-refractivity contribution in [2.75, 3.05) is 18.5 Å². The Balaban J connectivity index is 1.55. The van der Waals surface area contributed by atoms with Crippen LogP contribution in [-0.2, 0) is 9.53 Å². The maximum Gasteiger partial charge on any atom is 0.242 e. The van der Waals surface area contributed by atoms with Crippen molar-refractivity contribution in [3.05, 3.63) is 11.8 Å². The number of H-pyrrole nitrogens is 1. The van der Waals surface area contributed by atoms with Gasteiger partial charge >= 0.3 is 0 Å². The number of carbonyl (C=O) groups is 1. The molecular weight excluding hydrogens is 280 g/mol. The second-order valence-electron chi connectivity index (χ2n) is 6.51. The molecule has 6 heteroatoms. The van der Waals surface area contributed by atoms with E-state index >= 15 is 0 Å². The summed E-state index contributed by atoms with van der Waals surface area (Å²) in [5, 5.41) is 10.1. The molecule has 1 saturated carbocycles. The molecule has 1 atom stereocenters. The zero-order valence-corrected chi connectivity index (χ0v) is 13.0. The van der Waals surface area contributed by atoms with Gasteiger partial charge in [-0.15, -0.1) is 0 Å². The van der Waals surface area contributed by atoms with E-state index in [1.54, 1.807) is 0 Å². The zero-order valence-electron chi connectivity index (χ0n) is 13.0. The van der Waals surface area contributed by atoms with Gasteiger partial charge in [-0.3, -0.25) is 9.89 Å². The number of carbonyl (C=O) groups excluding carboxylic acids is 1. The molecule has 0 bridgehead atoms. The van der Waals surface area contributed by atoms with Crippen molar-refractivity contribution in [2.24, 2.45) is 11.7 Å². The fourth-order valence-electron chi connectivity index (χ4n) is 3.52. The minimum Gasteiger partial charge on any atom is -0.381 e. The van der Waals surface area contributed by atoms with E-state index in [1.807, 2.05) is 6.07 Å². The monoisotopic (exact) mass is 306 g/mol. The van der Waals surface area contributed by atoms with Crippen LogP contribution >= 0.6 is 0 Å². The third-order valence-corrected chi connectivity index (χ3v) is 4.97. The Morgan fingerprint density at radius 3 is 2.73 bits per heavy atom. The molecule has 1 aliphatic heterocycles. The highest BCUT2D eigenvalue weighted by Gasteiger charge is 2.27. The highest BCUT2D eigenvalue weighted by Crippen LogP contribution is 2.32. The van der Waals surface area contributed by atoms with E-state index in [0.717, 1.165) is 18.5 Å². The maximum atomic E-state index is 12.3. The highest BCUT2D eigenvalue weighted by molar-refractivity contribution is 5.94. The number of hydrogen-bond donors (Lipinski definition) is 3. The standard InChI is InChI=1S/C16H26N4O2/c17-15(12-6-8-22-9-7-12)16(21)18-14-10-13(19-20-14)11-4-2-1-3-5-11/h10-12,15H,1-9,17H2,(H2,18,19,20,21). The van der Waals surface area contributed by atoms with E-state index in [4.69, 9.17) is 10.5 Å².